The summed E-state index contributed by atoms with van der Waals surface area (Å²) in [6, 6.07) is 9.56. The third-order valence-electron chi connectivity index (χ3n) is 3.24. The van der Waals surface area contributed by atoms with Crippen molar-refractivity contribution >= 4 is 32.2 Å². The molecule has 0 atom stereocenters. The first-order valence-corrected chi connectivity index (χ1v) is 9.30. The maximum Gasteiger partial charge on any atom is 0.276 e. The first-order valence-electron chi connectivity index (χ1n) is 7.02. The molecule has 0 spiro atoms. The molecule has 0 saturated carbocycles. The van der Waals surface area contributed by atoms with Crippen LogP contribution >= 0.6 is 15.9 Å². The summed E-state index contributed by atoms with van der Waals surface area (Å²) in [6.07, 6.45) is 1.33. The Morgan fingerprint density at radius 1 is 0.960 bits per heavy atom. The van der Waals surface area contributed by atoms with Crippen LogP contribution < -0.4 is 19.0 Å². The predicted octanol–water partition coefficient (Wildman–Crippen LogP) is 2.79. The van der Waals surface area contributed by atoms with Crippen LogP contribution in [-0.2, 0) is 10.0 Å². The smallest absolute Gasteiger partial charge is 0.276 e. The maximum absolute atomic E-state index is 12.2. The maximum atomic E-state index is 12.2. The molecule has 134 valence electrons. The molecule has 0 aliphatic rings. The van der Waals surface area contributed by atoms with E-state index < -0.39 is 10.0 Å². The highest BCUT2D eigenvalue weighted by Crippen LogP contribution is 2.38. The molecule has 2 aromatic rings. The number of hydrogen-bond donors (Lipinski definition) is 1. The Morgan fingerprint density at radius 3 is 2.16 bits per heavy atom. The molecule has 0 unspecified atom stereocenters. The summed E-state index contributed by atoms with van der Waals surface area (Å²) in [4.78, 5) is 2.26. The van der Waals surface area contributed by atoms with Gasteiger partial charge in [-0.3, -0.25) is 0 Å². The van der Waals surface area contributed by atoms with Crippen molar-refractivity contribution in [2.75, 3.05) is 21.3 Å². The minimum Gasteiger partial charge on any atom is -0.493 e. The average Bonchev–Trinajstić information content (AvgIpc) is 2.61. The molecule has 0 aliphatic heterocycles. The van der Waals surface area contributed by atoms with Gasteiger partial charge in [-0.1, -0.05) is 15.9 Å². The van der Waals surface area contributed by atoms with Gasteiger partial charge in [0.2, 0.25) is 5.75 Å². The van der Waals surface area contributed by atoms with Gasteiger partial charge in [-0.15, -0.1) is 0 Å². The number of methoxy groups -OCH3 is 3. The van der Waals surface area contributed by atoms with Crippen LogP contribution in [0.25, 0.3) is 0 Å². The fourth-order valence-corrected chi connectivity index (χ4v) is 3.11. The Morgan fingerprint density at radius 2 is 1.60 bits per heavy atom. The third-order valence-corrected chi connectivity index (χ3v) is 5.00. The summed E-state index contributed by atoms with van der Waals surface area (Å²) >= 11 is 3.26. The zero-order valence-corrected chi connectivity index (χ0v) is 16.2. The van der Waals surface area contributed by atoms with Gasteiger partial charge in [-0.2, -0.15) is 13.5 Å². The summed E-state index contributed by atoms with van der Waals surface area (Å²) in [5.41, 5.74) is 0.527. The van der Waals surface area contributed by atoms with Crippen LogP contribution in [-0.4, -0.2) is 36.0 Å². The molecule has 2 rings (SSSR count). The number of ether oxygens (including phenoxy) is 3. The number of nitrogens with zero attached hydrogens (tertiary/aromatic N) is 1. The van der Waals surface area contributed by atoms with Gasteiger partial charge in [0.05, 0.1) is 32.4 Å². The summed E-state index contributed by atoms with van der Waals surface area (Å²) < 4.78 is 41.0. The van der Waals surface area contributed by atoms with Gasteiger partial charge in [0, 0.05) is 10.0 Å². The van der Waals surface area contributed by atoms with Crippen molar-refractivity contribution in [2.45, 2.75) is 4.90 Å². The highest BCUT2D eigenvalue weighted by atomic mass is 79.9. The fourth-order valence-electron chi connectivity index (χ4n) is 2.06. The number of nitrogens with one attached hydrogen (secondary N) is 1. The topological polar surface area (TPSA) is 86.2 Å². The van der Waals surface area contributed by atoms with Crippen molar-refractivity contribution in [3.63, 3.8) is 0 Å². The number of halogens is 1. The second-order valence-corrected chi connectivity index (χ2v) is 7.31. The Labute approximate surface area is 154 Å². The molecule has 25 heavy (non-hydrogen) atoms. The van der Waals surface area contributed by atoms with Crippen molar-refractivity contribution in [1.82, 2.24) is 4.83 Å². The van der Waals surface area contributed by atoms with Gasteiger partial charge >= 0.3 is 0 Å². The third kappa shape index (κ3) is 4.43. The van der Waals surface area contributed by atoms with E-state index in [1.165, 1.54) is 39.7 Å². The lowest BCUT2D eigenvalue weighted by Crippen LogP contribution is -2.18. The minimum absolute atomic E-state index is 0.104. The number of hydrazone groups is 1. The summed E-state index contributed by atoms with van der Waals surface area (Å²) in [5, 5.41) is 3.80. The van der Waals surface area contributed by atoms with Crippen molar-refractivity contribution in [3.8, 4) is 17.2 Å². The van der Waals surface area contributed by atoms with Crippen LogP contribution in [0.15, 0.2) is 50.9 Å². The van der Waals surface area contributed by atoms with Crippen LogP contribution in [0.4, 0.5) is 0 Å². The molecule has 0 heterocycles. The summed E-state index contributed by atoms with van der Waals surface area (Å²) in [7, 11) is 0.707. The molecule has 0 bridgehead atoms. The van der Waals surface area contributed by atoms with E-state index in [4.69, 9.17) is 14.2 Å². The van der Waals surface area contributed by atoms with E-state index in [1.54, 1.807) is 24.3 Å². The molecular formula is C16H17BrN2O5S. The van der Waals surface area contributed by atoms with E-state index in [9.17, 15) is 8.42 Å². The first kappa shape index (κ1) is 19.1. The molecule has 0 aliphatic carbocycles. The highest BCUT2D eigenvalue weighted by Gasteiger charge is 2.15. The SMILES string of the molecule is COc1ccc(/C=N/NS(=O)(=O)c2ccc(Br)cc2)c(OC)c1OC. The molecule has 0 fully saturated rings. The van der Waals surface area contributed by atoms with Gasteiger partial charge in [0.25, 0.3) is 10.0 Å². The average molecular weight is 429 g/mol. The van der Waals surface area contributed by atoms with Crippen molar-refractivity contribution < 1.29 is 22.6 Å². The lowest BCUT2D eigenvalue weighted by atomic mass is 10.2. The molecular weight excluding hydrogens is 412 g/mol. The first-order chi connectivity index (χ1) is 11.9. The Balaban J connectivity index is 2.26. The number of sulfonamides is 1. The number of rotatable bonds is 7. The van der Waals surface area contributed by atoms with Gasteiger partial charge < -0.3 is 14.2 Å². The highest BCUT2D eigenvalue weighted by molar-refractivity contribution is 9.10. The zero-order chi connectivity index (χ0) is 18.4. The molecule has 7 nitrogen and oxygen atoms in total. The molecule has 2 aromatic carbocycles. The Bertz CT molecular complexity index is 867. The normalized spacial score (nSPS) is 11.4. The van der Waals surface area contributed by atoms with Crippen LogP contribution in [0, 0.1) is 0 Å². The zero-order valence-electron chi connectivity index (χ0n) is 13.8. The lowest BCUT2D eigenvalue weighted by molar-refractivity contribution is 0.324. The van der Waals surface area contributed by atoms with E-state index in [2.05, 4.69) is 25.9 Å². The largest absolute Gasteiger partial charge is 0.493 e. The van der Waals surface area contributed by atoms with E-state index >= 15 is 0 Å². The molecule has 0 radical (unpaired) electrons. The Hall–Kier alpha value is -2.26. The van der Waals surface area contributed by atoms with Crippen molar-refractivity contribution in [2.24, 2.45) is 5.10 Å². The van der Waals surface area contributed by atoms with Gasteiger partial charge in [-0.25, -0.2) is 4.83 Å². The van der Waals surface area contributed by atoms with Crippen molar-refractivity contribution in [1.29, 1.82) is 0 Å². The minimum atomic E-state index is -3.76. The molecule has 9 heteroatoms. The molecule has 0 saturated heterocycles. The molecule has 0 amide bonds. The van der Waals surface area contributed by atoms with Gasteiger partial charge in [0.1, 0.15) is 0 Å². The Kier molecular flexibility index (Phi) is 6.27. The predicted molar refractivity (Wildman–Crippen MR) is 98.2 cm³/mol. The standard InChI is InChI=1S/C16H17BrN2O5S/c1-22-14-9-4-11(15(23-2)16(14)24-3)10-18-19-25(20,21)13-7-5-12(17)6-8-13/h4-10,19H,1-3H3/b18-10+. The van der Waals surface area contributed by atoms with E-state index in [0.29, 0.717) is 22.8 Å². The summed E-state index contributed by atoms with van der Waals surface area (Å²) in [6.45, 7) is 0. The summed E-state index contributed by atoms with van der Waals surface area (Å²) in [5.74, 6) is 1.27. The molecule has 1 N–H and O–H groups in total. The number of benzene rings is 2. The second-order valence-electron chi connectivity index (χ2n) is 4.73. The van der Waals surface area contributed by atoms with Crippen molar-refractivity contribution in [3.05, 3.63) is 46.4 Å². The lowest BCUT2D eigenvalue weighted by Gasteiger charge is -2.13. The monoisotopic (exact) mass is 428 g/mol. The number of hydrogen-bond acceptors (Lipinski definition) is 6. The van der Waals surface area contributed by atoms with Gasteiger partial charge in [0.15, 0.2) is 11.5 Å². The van der Waals surface area contributed by atoms with Gasteiger partial charge in [-0.05, 0) is 36.4 Å². The van der Waals surface area contributed by atoms with E-state index in [-0.39, 0.29) is 4.90 Å². The molecule has 0 aromatic heterocycles. The quantitative estimate of drug-likeness (QED) is 0.541. The van der Waals surface area contributed by atoms with Crippen LogP contribution in [0.3, 0.4) is 0 Å². The fraction of sp³-hybridized carbons (Fsp3) is 0.188. The second kappa shape index (κ2) is 8.21. The van der Waals surface area contributed by atoms with E-state index in [0.717, 1.165) is 4.47 Å². The van der Waals surface area contributed by atoms with Crippen LogP contribution in [0.5, 0.6) is 17.2 Å². The van der Waals surface area contributed by atoms with Crippen LogP contribution in [0.2, 0.25) is 0 Å². The van der Waals surface area contributed by atoms with Crippen LogP contribution in [0.1, 0.15) is 5.56 Å². The van der Waals surface area contributed by atoms with E-state index in [1.807, 2.05) is 0 Å².